The van der Waals surface area contributed by atoms with Crippen molar-refractivity contribution in [1.82, 2.24) is 9.55 Å². The zero-order valence-electron chi connectivity index (χ0n) is 10.4. The summed E-state index contributed by atoms with van der Waals surface area (Å²) in [5.41, 5.74) is -1.20. The van der Waals surface area contributed by atoms with Crippen LogP contribution in [0.5, 0.6) is 0 Å². The first kappa shape index (κ1) is 14.9. The molecule has 0 aliphatic carbocycles. The average Bonchev–Trinajstić information content (AvgIpc) is 2.33. The zero-order chi connectivity index (χ0) is 13.5. The Balaban J connectivity index is 2.60. The molecule has 5 nitrogen and oxygen atoms in total. The van der Waals surface area contributed by atoms with Crippen LogP contribution in [-0.4, -0.2) is 15.5 Å². The molecule has 0 aliphatic rings. The highest BCUT2D eigenvalue weighted by atomic mass is 79.9. The van der Waals surface area contributed by atoms with Crippen LogP contribution in [0.2, 0.25) is 0 Å². The van der Waals surface area contributed by atoms with E-state index in [0.717, 1.165) is 30.3 Å². The second-order valence-corrected chi connectivity index (χ2v) is 5.02. The standard InChI is InChI=1S/C12H17BrN2O3/c1-2-3-4-5-6-7-10(16)15-8-9(13)11(17)14-12(15)18/h8H,2-7H2,1H3,(H,14,17,18). The molecule has 0 fully saturated rings. The Morgan fingerprint density at radius 1 is 1.28 bits per heavy atom. The number of carbonyl (C=O) groups excluding carboxylic acids is 1. The fraction of sp³-hybridized carbons (Fsp3) is 0.583. The SMILES string of the molecule is CCCCCCCC(=O)n1cc(Br)c(=O)[nH]c1=O. The highest BCUT2D eigenvalue weighted by Crippen LogP contribution is 2.06. The van der Waals surface area contributed by atoms with Crippen LogP contribution < -0.4 is 11.2 Å². The van der Waals surface area contributed by atoms with Crippen LogP contribution in [0.25, 0.3) is 0 Å². The summed E-state index contributed by atoms with van der Waals surface area (Å²) in [6.45, 7) is 2.13. The summed E-state index contributed by atoms with van der Waals surface area (Å²) in [7, 11) is 0. The minimum absolute atomic E-state index is 0.182. The average molecular weight is 317 g/mol. The van der Waals surface area contributed by atoms with Gasteiger partial charge in [-0.2, -0.15) is 0 Å². The first-order chi connectivity index (χ1) is 8.56. The highest BCUT2D eigenvalue weighted by Gasteiger charge is 2.09. The topological polar surface area (TPSA) is 71.9 Å². The Bertz CT molecular complexity index is 519. The van der Waals surface area contributed by atoms with Crippen LogP contribution in [0.1, 0.15) is 50.2 Å². The van der Waals surface area contributed by atoms with Crippen molar-refractivity contribution < 1.29 is 4.79 Å². The van der Waals surface area contributed by atoms with Crippen molar-refractivity contribution in [3.05, 3.63) is 31.5 Å². The molecule has 1 N–H and O–H groups in total. The van der Waals surface area contributed by atoms with Crippen molar-refractivity contribution in [2.75, 3.05) is 0 Å². The molecule has 0 bridgehead atoms. The zero-order valence-corrected chi connectivity index (χ0v) is 12.0. The lowest BCUT2D eigenvalue weighted by molar-refractivity contribution is 0.0892. The Hall–Kier alpha value is -1.17. The summed E-state index contributed by atoms with van der Waals surface area (Å²) < 4.78 is 1.13. The summed E-state index contributed by atoms with van der Waals surface area (Å²) in [5, 5.41) is 0. The predicted octanol–water partition coefficient (Wildman–Crippen LogP) is 2.30. The van der Waals surface area contributed by atoms with Gasteiger partial charge in [-0.05, 0) is 22.4 Å². The molecule has 18 heavy (non-hydrogen) atoms. The molecule has 0 aliphatic heterocycles. The van der Waals surface area contributed by atoms with Gasteiger partial charge in [0, 0.05) is 12.6 Å². The number of hydrogen-bond acceptors (Lipinski definition) is 3. The van der Waals surface area contributed by atoms with E-state index in [9.17, 15) is 14.4 Å². The fourth-order valence-electron chi connectivity index (χ4n) is 1.63. The lowest BCUT2D eigenvalue weighted by Gasteiger charge is -2.04. The van der Waals surface area contributed by atoms with E-state index in [2.05, 4.69) is 27.8 Å². The van der Waals surface area contributed by atoms with Crippen LogP contribution >= 0.6 is 15.9 Å². The first-order valence-electron chi connectivity index (χ1n) is 6.11. The molecular weight excluding hydrogens is 300 g/mol. The van der Waals surface area contributed by atoms with Gasteiger partial charge in [-0.25, -0.2) is 9.36 Å². The minimum atomic E-state index is -0.679. The van der Waals surface area contributed by atoms with Gasteiger partial charge in [0.25, 0.3) is 5.56 Å². The molecule has 0 aromatic carbocycles. The molecule has 0 spiro atoms. The van der Waals surface area contributed by atoms with E-state index < -0.39 is 11.2 Å². The molecule has 1 rings (SSSR count). The molecule has 0 saturated heterocycles. The number of aromatic amines is 1. The molecule has 0 atom stereocenters. The van der Waals surface area contributed by atoms with Crippen molar-refractivity contribution in [1.29, 1.82) is 0 Å². The largest absolute Gasteiger partial charge is 0.335 e. The van der Waals surface area contributed by atoms with Gasteiger partial charge in [-0.1, -0.05) is 32.6 Å². The lowest BCUT2D eigenvalue weighted by atomic mass is 10.1. The summed E-state index contributed by atoms with van der Waals surface area (Å²) in [4.78, 5) is 36.4. The smallest absolute Gasteiger partial charge is 0.274 e. The van der Waals surface area contributed by atoms with Gasteiger partial charge in [0.2, 0.25) is 5.91 Å². The van der Waals surface area contributed by atoms with E-state index in [1.54, 1.807) is 0 Å². The second kappa shape index (κ2) is 7.31. The van der Waals surface area contributed by atoms with Crippen molar-refractivity contribution >= 4 is 21.8 Å². The van der Waals surface area contributed by atoms with E-state index in [0.29, 0.717) is 6.42 Å². The number of H-pyrrole nitrogens is 1. The van der Waals surface area contributed by atoms with Crippen LogP contribution in [-0.2, 0) is 0 Å². The van der Waals surface area contributed by atoms with Crippen molar-refractivity contribution in [3.8, 4) is 0 Å². The third kappa shape index (κ3) is 4.25. The Kier molecular flexibility index (Phi) is 6.04. The van der Waals surface area contributed by atoms with E-state index in [1.165, 1.54) is 12.6 Å². The normalized spacial score (nSPS) is 10.6. The van der Waals surface area contributed by atoms with Gasteiger partial charge in [0.05, 0.1) is 4.47 Å². The monoisotopic (exact) mass is 316 g/mol. The van der Waals surface area contributed by atoms with E-state index in [-0.39, 0.29) is 10.4 Å². The molecule has 0 unspecified atom stereocenters. The maximum Gasteiger partial charge on any atom is 0.335 e. The molecule has 1 heterocycles. The summed E-state index contributed by atoms with van der Waals surface area (Å²) in [5.74, 6) is -0.284. The number of nitrogens with one attached hydrogen (secondary N) is 1. The van der Waals surface area contributed by atoms with Gasteiger partial charge < -0.3 is 0 Å². The predicted molar refractivity (Wildman–Crippen MR) is 73.0 cm³/mol. The van der Waals surface area contributed by atoms with Crippen molar-refractivity contribution in [3.63, 3.8) is 0 Å². The Morgan fingerprint density at radius 2 is 1.94 bits per heavy atom. The molecule has 0 saturated carbocycles. The number of hydrogen-bond donors (Lipinski definition) is 1. The highest BCUT2D eigenvalue weighted by molar-refractivity contribution is 9.10. The van der Waals surface area contributed by atoms with Crippen LogP contribution in [0.15, 0.2) is 20.3 Å². The molecule has 1 aromatic heterocycles. The van der Waals surface area contributed by atoms with Gasteiger partial charge in [0.1, 0.15) is 0 Å². The Labute approximate surface area is 113 Å². The maximum atomic E-state index is 11.8. The molecular formula is C12H17BrN2O3. The van der Waals surface area contributed by atoms with Gasteiger partial charge in [-0.15, -0.1) is 0 Å². The van der Waals surface area contributed by atoms with Gasteiger partial charge >= 0.3 is 5.69 Å². The lowest BCUT2D eigenvalue weighted by Crippen LogP contribution is -2.33. The fourth-order valence-corrected chi connectivity index (χ4v) is 1.94. The third-order valence-electron chi connectivity index (χ3n) is 2.66. The first-order valence-corrected chi connectivity index (χ1v) is 6.90. The van der Waals surface area contributed by atoms with Crippen LogP contribution in [0.3, 0.4) is 0 Å². The van der Waals surface area contributed by atoms with Crippen LogP contribution in [0.4, 0.5) is 0 Å². The molecule has 1 aromatic rings. The van der Waals surface area contributed by atoms with Crippen LogP contribution in [0, 0.1) is 0 Å². The summed E-state index contributed by atoms with van der Waals surface area (Å²) >= 11 is 3.00. The number of unbranched alkanes of at least 4 members (excludes halogenated alkanes) is 4. The van der Waals surface area contributed by atoms with Crippen molar-refractivity contribution in [2.24, 2.45) is 0 Å². The molecule has 6 heteroatoms. The Morgan fingerprint density at radius 3 is 2.61 bits per heavy atom. The second-order valence-electron chi connectivity index (χ2n) is 4.16. The van der Waals surface area contributed by atoms with E-state index in [4.69, 9.17) is 0 Å². The number of nitrogens with zero attached hydrogens (tertiary/aromatic N) is 1. The minimum Gasteiger partial charge on any atom is -0.274 e. The maximum absolute atomic E-state index is 11.8. The quantitative estimate of drug-likeness (QED) is 0.818. The number of rotatable bonds is 6. The molecule has 0 radical (unpaired) electrons. The van der Waals surface area contributed by atoms with Gasteiger partial charge in [-0.3, -0.25) is 14.6 Å². The number of halogens is 1. The van der Waals surface area contributed by atoms with Gasteiger partial charge in [0.15, 0.2) is 0 Å². The third-order valence-corrected chi connectivity index (χ3v) is 3.23. The van der Waals surface area contributed by atoms with Crippen molar-refractivity contribution in [2.45, 2.75) is 45.4 Å². The molecule has 0 amide bonds. The molecule has 100 valence electrons. The van der Waals surface area contributed by atoms with E-state index in [1.807, 2.05) is 0 Å². The number of aromatic nitrogens is 2. The summed E-state index contributed by atoms with van der Waals surface area (Å²) in [6.07, 6.45) is 6.73. The summed E-state index contributed by atoms with van der Waals surface area (Å²) in [6, 6.07) is 0. The number of carbonyl (C=O) groups is 1. The van der Waals surface area contributed by atoms with E-state index >= 15 is 0 Å².